The van der Waals surface area contributed by atoms with Gasteiger partial charge in [-0.2, -0.15) is 0 Å². The number of carbonyl (C=O) groups excluding carboxylic acids is 2. The number of piperidine rings is 1. The highest BCUT2D eigenvalue weighted by atomic mass is 127. The zero-order valence-electron chi connectivity index (χ0n) is 15.9. The monoisotopic (exact) mass is 480 g/mol. The quantitative estimate of drug-likeness (QED) is 0.485. The lowest BCUT2D eigenvalue weighted by Crippen LogP contribution is -2.57. The maximum Gasteiger partial charge on any atom is 0.254 e. The SMILES string of the molecule is O=C(C1C[C@H]2C[C@@H](CI)CC[C@H]2CN1C(=O)c1ccccc1)N1CCCC1. The van der Waals surface area contributed by atoms with Crippen molar-refractivity contribution >= 4 is 34.4 Å². The zero-order valence-corrected chi connectivity index (χ0v) is 18.0. The van der Waals surface area contributed by atoms with Crippen LogP contribution in [0.25, 0.3) is 0 Å². The van der Waals surface area contributed by atoms with Crippen LogP contribution in [0, 0.1) is 17.8 Å². The van der Waals surface area contributed by atoms with Crippen molar-refractivity contribution in [1.29, 1.82) is 0 Å². The van der Waals surface area contributed by atoms with E-state index in [1.165, 1.54) is 23.7 Å². The minimum absolute atomic E-state index is 0.0302. The smallest absolute Gasteiger partial charge is 0.254 e. The molecule has 4 atom stereocenters. The molecule has 3 fully saturated rings. The fourth-order valence-corrected chi connectivity index (χ4v) is 6.04. The fourth-order valence-electron chi connectivity index (χ4n) is 5.24. The molecule has 1 aromatic rings. The molecule has 5 heteroatoms. The van der Waals surface area contributed by atoms with Crippen molar-refractivity contribution in [3.63, 3.8) is 0 Å². The Morgan fingerprint density at radius 1 is 1.00 bits per heavy atom. The van der Waals surface area contributed by atoms with Gasteiger partial charge in [0.05, 0.1) is 0 Å². The van der Waals surface area contributed by atoms with Gasteiger partial charge >= 0.3 is 0 Å². The molecule has 1 saturated carbocycles. The highest BCUT2D eigenvalue weighted by Gasteiger charge is 2.44. The second-order valence-electron chi connectivity index (χ2n) is 8.46. The zero-order chi connectivity index (χ0) is 18.8. The largest absolute Gasteiger partial charge is 0.341 e. The van der Waals surface area contributed by atoms with Crippen LogP contribution >= 0.6 is 22.6 Å². The summed E-state index contributed by atoms with van der Waals surface area (Å²) in [4.78, 5) is 30.5. The Morgan fingerprint density at radius 2 is 1.74 bits per heavy atom. The molecule has 0 bridgehead atoms. The standard InChI is InChI=1S/C22H29IN2O2/c23-14-16-8-9-18-15-25(21(26)17-6-2-1-3-7-17)20(13-19(18)12-16)22(27)24-10-4-5-11-24/h1-3,6-7,16,18-20H,4-5,8-15H2/t16-,18-,19+,20?/m0/s1. The predicted octanol–water partition coefficient (Wildman–Crippen LogP) is 3.99. The number of amides is 2. The van der Waals surface area contributed by atoms with Crippen LogP contribution in [-0.4, -0.2) is 51.7 Å². The number of rotatable bonds is 3. The molecule has 1 aliphatic carbocycles. The van der Waals surface area contributed by atoms with Gasteiger partial charge in [0.25, 0.3) is 5.91 Å². The number of hydrogen-bond acceptors (Lipinski definition) is 2. The maximum atomic E-state index is 13.3. The Labute approximate surface area is 175 Å². The summed E-state index contributed by atoms with van der Waals surface area (Å²) in [6, 6.07) is 9.22. The summed E-state index contributed by atoms with van der Waals surface area (Å²) in [5.74, 6) is 2.15. The van der Waals surface area contributed by atoms with Crippen LogP contribution in [0.15, 0.2) is 30.3 Å². The molecule has 0 aromatic heterocycles. The van der Waals surface area contributed by atoms with Crippen LogP contribution in [0.2, 0.25) is 0 Å². The van der Waals surface area contributed by atoms with Gasteiger partial charge in [-0.1, -0.05) is 40.8 Å². The van der Waals surface area contributed by atoms with Crippen molar-refractivity contribution in [1.82, 2.24) is 9.80 Å². The predicted molar refractivity (Wildman–Crippen MR) is 115 cm³/mol. The van der Waals surface area contributed by atoms with Gasteiger partial charge in [0, 0.05) is 29.6 Å². The van der Waals surface area contributed by atoms with Crippen LogP contribution in [0.5, 0.6) is 0 Å². The molecular weight excluding hydrogens is 451 g/mol. The Kier molecular flexibility index (Phi) is 6.05. The van der Waals surface area contributed by atoms with Gasteiger partial charge in [-0.05, 0) is 68.4 Å². The summed E-state index contributed by atoms with van der Waals surface area (Å²) >= 11 is 2.50. The van der Waals surface area contributed by atoms with E-state index in [2.05, 4.69) is 22.6 Å². The number of benzene rings is 1. The Balaban J connectivity index is 1.58. The second-order valence-corrected chi connectivity index (χ2v) is 9.34. The van der Waals surface area contributed by atoms with Crippen LogP contribution < -0.4 is 0 Å². The average molecular weight is 480 g/mol. The molecule has 27 heavy (non-hydrogen) atoms. The molecule has 4 nitrogen and oxygen atoms in total. The van der Waals surface area contributed by atoms with Crippen molar-refractivity contribution in [2.45, 2.75) is 44.6 Å². The second kappa shape index (κ2) is 8.50. The maximum absolute atomic E-state index is 13.3. The summed E-state index contributed by atoms with van der Waals surface area (Å²) in [6.07, 6.45) is 6.72. The molecule has 0 spiro atoms. The number of carbonyl (C=O) groups is 2. The molecule has 2 aliphatic heterocycles. The van der Waals surface area contributed by atoms with Crippen molar-refractivity contribution in [2.75, 3.05) is 24.1 Å². The third kappa shape index (κ3) is 4.03. The molecule has 0 N–H and O–H groups in total. The fraction of sp³-hybridized carbons (Fsp3) is 0.636. The van der Waals surface area contributed by atoms with Crippen molar-refractivity contribution in [3.8, 4) is 0 Å². The Bertz CT molecular complexity index is 674. The van der Waals surface area contributed by atoms with Gasteiger partial charge in [0.15, 0.2) is 0 Å². The number of likely N-dealkylation sites (tertiary alicyclic amines) is 2. The molecule has 1 aromatic carbocycles. The topological polar surface area (TPSA) is 40.6 Å². The van der Waals surface area contributed by atoms with Crippen LogP contribution in [-0.2, 0) is 4.79 Å². The molecule has 2 heterocycles. The normalized spacial score (nSPS) is 30.9. The van der Waals surface area contributed by atoms with E-state index in [1.54, 1.807) is 0 Å². The molecule has 2 saturated heterocycles. The third-order valence-corrected chi connectivity index (χ3v) is 8.03. The first-order valence-electron chi connectivity index (χ1n) is 10.4. The number of fused-ring (bicyclic) bond motifs is 1. The Morgan fingerprint density at radius 3 is 2.44 bits per heavy atom. The van der Waals surface area contributed by atoms with E-state index in [0.717, 1.165) is 44.8 Å². The average Bonchev–Trinajstić information content (AvgIpc) is 3.27. The summed E-state index contributed by atoms with van der Waals surface area (Å²) in [5.41, 5.74) is 0.705. The summed E-state index contributed by atoms with van der Waals surface area (Å²) in [7, 11) is 0. The van der Waals surface area contributed by atoms with Gasteiger partial charge < -0.3 is 9.80 Å². The third-order valence-electron chi connectivity index (χ3n) is 6.78. The lowest BCUT2D eigenvalue weighted by atomic mass is 9.69. The lowest BCUT2D eigenvalue weighted by Gasteiger charge is -2.47. The number of alkyl halides is 1. The first-order chi connectivity index (χ1) is 13.2. The van der Waals surface area contributed by atoms with E-state index in [4.69, 9.17) is 0 Å². The molecular formula is C22H29IN2O2. The molecule has 4 rings (SSSR count). The summed E-state index contributed by atoms with van der Waals surface area (Å²) in [6.45, 7) is 2.46. The van der Waals surface area contributed by atoms with E-state index < -0.39 is 0 Å². The highest BCUT2D eigenvalue weighted by Crippen LogP contribution is 2.42. The van der Waals surface area contributed by atoms with Gasteiger partial charge in [-0.3, -0.25) is 9.59 Å². The summed E-state index contributed by atoms with van der Waals surface area (Å²) in [5, 5.41) is 0. The van der Waals surface area contributed by atoms with Crippen LogP contribution in [0.4, 0.5) is 0 Å². The molecule has 146 valence electrons. The lowest BCUT2D eigenvalue weighted by molar-refractivity contribution is -0.138. The van der Waals surface area contributed by atoms with E-state index in [9.17, 15) is 9.59 Å². The van der Waals surface area contributed by atoms with Gasteiger partial charge in [0.1, 0.15) is 6.04 Å². The first kappa shape index (κ1) is 19.2. The molecule has 3 aliphatic rings. The van der Waals surface area contributed by atoms with E-state index in [1.807, 2.05) is 40.1 Å². The summed E-state index contributed by atoms with van der Waals surface area (Å²) < 4.78 is 1.21. The number of halogens is 1. The minimum atomic E-state index is -0.273. The van der Waals surface area contributed by atoms with Crippen molar-refractivity contribution in [3.05, 3.63) is 35.9 Å². The van der Waals surface area contributed by atoms with Crippen LogP contribution in [0.1, 0.15) is 48.9 Å². The number of nitrogens with zero attached hydrogens (tertiary/aromatic N) is 2. The molecule has 0 radical (unpaired) electrons. The van der Waals surface area contributed by atoms with Crippen molar-refractivity contribution < 1.29 is 9.59 Å². The van der Waals surface area contributed by atoms with Gasteiger partial charge in [-0.25, -0.2) is 0 Å². The van der Waals surface area contributed by atoms with Crippen molar-refractivity contribution in [2.24, 2.45) is 17.8 Å². The first-order valence-corrected chi connectivity index (χ1v) is 11.9. The van der Waals surface area contributed by atoms with Gasteiger partial charge in [-0.15, -0.1) is 0 Å². The van der Waals surface area contributed by atoms with E-state index in [0.29, 0.717) is 17.4 Å². The van der Waals surface area contributed by atoms with Gasteiger partial charge in [0.2, 0.25) is 5.91 Å². The van der Waals surface area contributed by atoms with E-state index >= 15 is 0 Å². The van der Waals surface area contributed by atoms with Crippen LogP contribution in [0.3, 0.4) is 0 Å². The number of hydrogen-bond donors (Lipinski definition) is 0. The molecule has 1 unspecified atom stereocenters. The Hall–Kier alpha value is -1.11. The molecule has 2 amide bonds. The highest BCUT2D eigenvalue weighted by molar-refractivity contribution is 14.1. The van der Waals surface area contributed by atoms with E-state index in [-0.39, 0.29) is 17.9 Å². The minimum Gasteiger partial charge on any atom is -0.341 e.